The maximum Gasteiger partial charge on any atom is 0.161 e. The predicted octanol–water partition coefficient (Wildman–Crippen LogP) is 13.3. The van der Waals surface area contributed by atoms with Crippen LogP contribution in [0, 0.1) is 0 Å². The molecule has 0 aliphatic heterocycles. The molecule has 4 heterocycles. The van der Waals surface area contributed by atoms with Crippen molar-refractivity contribution in [2.24, 2.45) is 15.7 Å². The van der Waals surface area contributed by atoms with E-state index in [4.69, 9.17) is 20.1 Å². The summed E-state index contributed by atoms with van der Waals surface area (Å²) >= 11 is 0. The van der Waals surface area contributed by atoms with Gasteiger partial charge in [-0.15, -0.1) is 0 Å². The lowest BCUT2D eigenvalue weighted by molar-refractivity contribution is 0.669. The average molecular weight is 811 g/mol. The Balaban J connectivity index is 0.921. The van der Waals surface area contributed by atoms with Gasteiger partial charge in [0.15, 0.2) is 11.4 Å². The number of nitrogens with two attached hydrogens (primary N) is 1. The molecule has 0 aliphatic carbocycles. The molecule has 0 saturated carbocycles. The molecule has 7 heteroatoms. The lowest BCUT2D eigenvalue weighted by atomic mass is 10.0. The van der Waals surface area contributed by atoms with Crippen LogP contribution in [0.15, 0.2) is 221 Å². The van der Waals surface area contributed by atoms with Gasteiger partial charge in [0.25, 0.3) is 0 Å². The molecule has 298 valence electrons. The normalized spacial score (nSPS) is 12.4. The zero-order chi connectivity index (χ0) is 41.9. The van der Waals surface area contributed by atoms with Crippen LogP contribution in [0.3, 0.4) is 0 Å². The van der Waals surface area contributed by atoms with Crippen molar-refractivity contribution in [1.29, 1.82) is 0 Å². The van der Waals surface area contributed by atoms with E-state index in [0.29, 0.717) is 18.3 Å². The molecule has 7 nitrogen and oxygen atoms in total. The minimum atomic E-state index is 0.373. The molecular formula is C56H38N6O. The molecular weight excluding hydrogens is 773 g/mol. The first-order valence-corrected chi connectivity index (χ1v) is 21.1. The van der Waals surface area contributed by atoms with Crippen LogP contribution in [0.5, 0.6) is 0 Å². The number of benzene rings is 8. The van der Waals surface area contributed by atoms with Gasteiger partial charge in [-0.3, -0.25) is 4.98 Å². The van der Waals surface area contributed by atoms with Gasteiger partial charge in [-0.25, -0.2) is 9.98 Å². The van der Waals surface area contributed by atoms with Gasteiger partial charge in [-0.1, -0.05) is 133 Å². The lowest BCUT2D eigenvalue weighted by Gasteiger charge is -2.10. The first-order chi connectivity index (χ1) is 31.2. The van der Waals surface area contributed by atoms with Crippen LogP contribution in [-0.4, -0.2) is 25.8 Å². The summed E-state index contributed by atoms with van der Waals surface area (Å²) in [6.07, 6.45) is 1.87. The lowest BCUT2D eigenvalue weighted by Crippen LogP contribution is -2.16. The van der Waals surface area contributed by atoms with Crippen LogP contribution in [0.1, 0.15) is 11.1 Å². The van der Waals surface area contributed by atoms with Crippen molar-refractivity contribution in [3.8, 4) is 27.9 Å². The van der Waals surface area contributed by atoms with Crippen LogP contribution < -0.4 is 5.73 Å². The SMILES string of the molecule is NC(=N/C(=N\Cn1c2ccccc2c2cc(-c3ccc4c(c3)c3ccccc3n4-c3ccc(-c4ccnc5c4oc4ccccc45)cc3)ccc21)c1ccccc1)c1ccccc1. The highest BCUT2D eigenvalue weighted by Crippen LogP contribution is 2.39. The number of amidine groups is 2. The summed E-state index contributed by atoms with van der Waals surface area (Å²) in [4.78, 5) is 14.6. The molecule has 12 rings (SSSR count). The molecule has 0 fully saturated rings. The van der Waals surface area contributed by atoms with Gasteiger partial charge < -0.3 is 19.3 Å². The van der Waals surface area contributed by atoms with Crippen LogP contribution in [0.25, 0.3) is 93.6 Å². The second-order valence-electron chi connectivity index (χ2n) is 15.8. The first kappa shape index (κ1) is 36.3. The maximum absolute atomic E-state index is 6.54. The number of para-hydroxylation sites is 3. The number of hydrogen-bond donors (Lipinski definition) is 1. The molecule has 12 aromatic rings. The van der Waals surface area contributed by atoms with Crippen molar-refractivity contribution >= 4 is 77.4 Å². The third-order valence-electron chi connectivity index (χ3n) is 12.2. The van der Waals surface area contributed by atoms with Crippen molar-refractivity contribution in [3.05, 3.63) is 218 Å². The highest BCUT2D eigenvalue weighted by atomic mass is 16.3. The van der Waals surface area contributed by atoms with E-state index < -0.39 is 0 Å². The largest absolute Gasteiger partial charge is 0.454 e. The fourth-order valence-electron chi connectivity index (χ4n) is 9.14. The Bertz CT molecular complexity index is 3760. The van der Waals surface area contributed by atoms with Gasteiger partial charge in [0.05, 0.1) is 22.1 Å². The molecule has 2 N–H and O–H groups in total. The Hall–Kier alpha value is -8.55. The summed E-state index contributed by atoms with van der Waals surface area (Å²) in [6.45, 7) is 0.373. The van der Waals surface area contributed by atoms with Crippen LogP contribution >= 0.6 is 0 Å². The summed E-state index contributed by atoms with van der Waals surface area (Å²) in [5.74, 6) is 1.01. The Morgan fingerprint density at radius 2 is 1.06 bits per heavy atom. The van der Waals surface area contributed by atoms with Crippen molar-refractivity contribution in [1.82, 2.24) is 14.1 Å². The Labute approximate surface area is 362 Å². The number of fused-ring (bicyclic) bond motifs is 9. The molecule has 4 aromatic heterocycles. The van der Waals surface area contributed by atoms with Crippen LogP contribution in [-0.2, 0) is 6.67 Å². The van der Waals surface area contributed by atoms with E-state index in [2.05, 4.69) is 129 Å². The Morgan fingerprint density at radius 1 is 0.508 bits per heavy atom. The molecule has 0 atom stereocenters. The number of aromatic nitrogens is 3. The minimum absolute atomic E-state index is 0.373. The highest BCUT2D eigenvalue weighted by molar-refractivity contribution is 6.13. The third kappa shape index (κ3) is 6.17. The van der Waals surface area contributed by atoms with Crippen molar-refractivity contribution < 1.29 is 4.42 Å². The second-order valence-corrected chi connectivity index (χ2v) is 15.8. The van der Waals surface area contributed by atoms with Crippen LogP contribution in [0.2, 0.25) is 0 Å². The number of hydrogen-bond acceptors (Lipinski definition) is 3. The fourth-order valence-corrected chi connectivity index (χ4v) is 9.14. The zero-order valence-electron chi connectivity index (χ0n) is 34.1. The summed E-state index contributed by atoms with van der Waals surface area (Å²) < 4.78 is 11.0. The van der Waals surface area contributed by atoms with Gasteiger partial charge in [0.1, 0.15) is 23.6 Å². The zero-order valence-corrected chi connectivity index (χ0v) is 34.1. The highest BCUT2D eigenvalue weighted by Gasteiger charge is 2.17. The van der Waals surface area contributed by atoms with E-state index in [1.54, 1.807) is 0 Å². The van der Waals surface area contributed by atoms with E-state index in [9.17, 15) is 0 Å². The smallest absolute Gasteiger partial charge is 0.161 e. The van der Waals surface area contributed by atoms with Crippen LogP contribution in [0.4, 0.5) is 0 Å². The fraction of sp³-hybridized carbons (Fsp3) is 0.0179. The molecule has 0 amide bonds. The van der Waals surface area contributed by atoms with Gasteiger partial charge in [-0.05, 0) is 83.4 Å². The van der Waals surface area contributed by atoms with Gasteiger partial charge in [-0.2, -0.15) is 0 Å². The molecule has 0 unspecified atom stereocenters. The standard InChI is InChI=1S/C56H38N6O/c57-55(37-13-3-1-4-14-37)60-56(38-15-5-2-6-16-38)59-35-61-48-20-10-7-17-43(48)46-33-39(25-29-49(46)61)40-26-30-51-47(34-40)44-18-8-11-21-50(44)62(51)41-27-23-36(24-28-41)42-31-32-58-53-45-19-9-12-22-52(45)63-54(42)53/h1-34H,35H2,(H2,57,59,60). The molecule has 0 aliphatic rings. The summed E-state index contributed by atoms with van der Waals surface area (Å²) in [5.41, 5.74) is 20.8. The number of rotatable bonds is 7. The number of furan rings is 1. The summed E-state index contributed by atoms with van der Waals surface area (Å²) in [5, 5.41) is 5.77. The van der Waals surface area contributed by atoms with Crippen molar-refractivity contribution in [3.63, 3.8) is 0 Å². The van der Waals surface area contributed by atoms with Gasteiger partial charge in [0, 0.05) is 55.5 Å². The van der Waals surface area contributed by atoms with Crippen molar-refractivity contribution in [2.75, 3.05) is 0 Å². The number of nitrogens with zero attached hydrogens (tertiary/aromatic N) is 5. The molecule has 8 aromatic carbocycles. The van der Waals surface area contributed by atoms with E-state index in [-0.39, 0.29) is 0 Å². The maximum atomic E-state index is 6.54. The topological polar surface area (TPSA) is 86.6 Å². The average Bonchev–Trinajstić information content (AvgIpc) is 4.00. The van der Waals surface area contributed by atoms with E-state index >= 15 is 0 Å². The molecule has 0 spiro atoms. The summed E-state index contributed by atoms with van der Waals surface area (Å²) in [6, 6.07) is 69.5. The minimum Gasteiger partial charge on any atom is -0.454 e. The quantitative estimate of drug-likeness (QED) is 0.128. The van der Waals surface area contributed by atoms with Gasteiger partial charge in [0.2, 0.25) is 0 Å². The molecule has 0 bridgehead atoms. The molecule has 0 radical (unpaired) electrons. The summed E-state index contributed by atoms with van der Waals surface area (Å²) in [7, 11) is 0. The Morgan fingerprint density at radius 3 is 1.81 bits per heavy atom. The second kappa shape index (κ2) is 14.9. The third-order valence-corrected chi connectivity index (χ3v) is 12.2. The van der Waals surface area contributed by atoms with Gasteiger partial charge >= 0.3 is 0 Å². The number of pyridine rings is 1. The van der Waals surface area contributed by atoms with E-state index in [1.165, 1.54) is 21.5 Å². The Kier molecular flexibility index (Phi) is 8.57. The van der Waals surface area contributed by atoms with Crippen molar-refractivity contribution in [2.45, 2.75) is 6.67 Å². The van der Waals surface area contributed by atoms with E-state index in [0.717, 1.165) is 83.2 Å². The first-order valence-electron chi connectivity index (χ1n) is 21.1. The van der Waals surface area contributed by atoms with E-state index in [1.807, 2.05) is 91.1 Å². The monoisotopic (exact) mass is 810 g/mol. The molecule has 63 heavy (non-hydrogen) atoms. The molecule has 0 saturated heterocycles. The predicted molar refractivity (Wildman–Crippen MR) is 260 cm³/mol. The number of aliphatic imine (C=N–C) groups is 2.